The molecule has 8 nitrogen and oxygen atoms in total. The summed E-state index contributed by atoms with van der Waals surface area (Å²) in [5.41, 5.74) is 10.9. The van der Waals surface area contributed by atoms with Crippen LogP contribution in [0.15, 0.2) is 121 Å². The zero-order valence-corrected chi connectivity index (χ0v) is 27.0. The highest BCUT2D eigenvalue weighted by Crippen LogP contribution is 2.44. The second-order valence-electron chi connectivity index (χ2n) is 12.0. The first-order valence-corrected chi connectivity index (χ1v) is 16.0. The summed E-state index contributed by atoms with van der Waals surface area (Å²) in [5.74, 6) is -3.17. The van der Waals surface area contributed by atoms with Crippen LogP contribution in [0.3, 0.4) is 0 Å². The summed E-state index contributed by atoms with van der Waals surface area (Å²) in [4.78, 5) is 35.0. The Balaban J connectivity index is 0.000000630. The fraction of sp³-hybridized carbons (Fsp3) is 0.205. The Labute approximate surface area is 287 Å². The van der Waals surface area contributed by atoms with Crippen molar-refractivity contribution in [1.82, 2.24) is 10.6 Å². The minimum atomic E-state index is -5.19. The van der Waals surface area contributed by atoms with Gasteiger partial charge in [-0.2, -0.15) is 13.2 Å². The molecule has 0 radical (unpaired) electrons. The van der Waals surface area contributed by atoms with Crippen molar-refractivity contribution >= 4 is 28.7 Å². The Morgan fingerprint density at radius 2 is 1.30 bits per heavy atom. The lowest BCUT2D eigenvalue weighted by Crippen LogP contribution is -2.69. The summed E-state index contributed by atoms with van der Waals surface area (Å²) < 4.78 is 37.3. The van der Waals surface area contributed by atoms with Crippen LogP contribution >= 0.6 is 0 Å². The van der Waals surface area contributed by atoms with Gasteiger partial charge in [-0.1, -0.05) is 121 Å². The predicted octanol–water partition coefficient (Wildman–Crippen LogP) is 4.56. The fourth-order valence-electron chi connectivity index (χ4n) is 5.99. The third-order valence-corrected chi connectivity index (χ3v) is 8.41. The average Bonchev–Trinajstić information content (AvgIpc) is 3.43. The molecule has 5 N–H and O–H groups in total. The molecule has 11 heteroatoms. The maximum absolute atomic E-state index is 13.2. The molecule has 0 unspecified atom stereocenters. The summed E-state index contributed by atoms with van der Waals surface area (Å²) in [6.45, 7) is 0.465. The van der Waals surface area contributed by atoms with Crippen LogP contribution in [-0.4, -0.2) is 49.4 Å². The molecule has 0 aromatic heterocycles. The fourth-order valence-corrected chi connectivity index (χ4v) is 5.99. The number of amides is 2. The normalized spacial score (nSPS) is 13.2. The van der Waals surface area contributed by atoms with Crippen LogP contribution in [0.1, 0.15) is 28.2 Å². The van der Waals surface area contributed by atoms with E-state index in [1.807, 2.05) is 66.7 Å². The number of hydrogen-bond acceptors (Lipinski definition) is 5. The number of alkyl carbamates (subject to hydrolysis) is 1. The van der Waals surface area contributed by atoms with Crippen LogP contribution in [-0.2, 0) is 27.2 Å². The van der Waals surface area contributed by atoms with E-state index in [-0.39, 0.29) is 31.0 Å². The first kappa shape index (κ1) is 35.6. The summed E-state index contributed by atoms with van der Waals surface area (Å²) in [5, 5.41) is 17.1. The second kappa shape index (κ2) is 16.1. The molecule has 0 fully saturated rings. The van der Waals surface area contributed by atoms with Crippen LogP contribution in [0.2, 0.25) is 0 Å². The molecule has 0 saturated carbocycles. The molecule has 0 spiro atoms. The number of benzene rings is 5. The van der Waals surface area contributed by atoms with Gasteiger partial charge in [0.1, 0.15) is 12.6 Å². The highest BCUT2D eigenvalue weighted by Gasteiger charge is 2.30. The van der Waals surface area contributed by atoms with Gasteiger partial charge in [0.05, 0.1) is 6.04 Å². The molecule has 0 aliphatic heterocycles. The first-order valence-electron chi connectivity index (χ1n) is 16.0. The van der Waals surface area contributed by atoms with Gasteiger partial charge in [-0.05, 0) is 50.6 Å². The van der Waals surface area contributed by atoms with E-state index < -0.39 is 24.3 Å². The molecule has 50 heavy (non-hydrogen) atoms. The Kier molecular flexibility index (Phi) is 11.5. The van der Waals surface area contributed by atoms with Crippen molar-refractivity contribution < 1.29 is 43.1 Å². The number of carbonyl (C=O) groups is 3. The number of carboxylic acid groups (broad SMARTS) is 1. The number of carbonyl (C=O) groups excluding carboxylic acids is 3. The maximum Gasteiger partial charge on any atom is 0.430 e. The van der Waals surface area contributed by atoms with Gasteiger partial charge in [0.2, 0.25) is 0 Å². The van der Waals surface area contributed by atoms with Gasteiger partial charge < -0.3 is 31.0 Å². The SMILES string of the molecule is O=C([O-])C(F)(F)F.[NH3+][C@@H](Cc1ccccc1)C(=O)N[C@@H](CNC(=O)OCC1c2ccccc2-c2ccccc21)Cc1ccc2ccccc2c1. The van der Waals surface area contributed by atoms with E-state index in [4.69, 9.17) is 14.6 Å². The van der Waals surface area contributed by atoms with E-state index in [0.717, 1.165) is 33.0 Å². The number of alkyl halides is 3. The van der Waals surface area contributed by atoms with E-state index in [1.54, 1.807) is 0 Å². The van der Waals surface area contributed by atoms with E-state index in [0.29, 0.717) is 12.8 Å². The second-order valence-corrected chi connectivity index (χ2v) is 12.0. The minimum absolute atomic E-state index is 0.0174. The van der Waals surface area contributed by atoms with Gasteiger partial charge in [-0.25, -0.2) is 4.79 Å². The zero-order chi connectivity index (χ0) is 35.7. The molecule has 2 amide bonds. The molecule has 0 heterocycles. The smallest absolute Gasteiger partial charge is 0.430 e. The van der Waals surface area contributed by atoms with Gasteiger partial charge >= 0.3 is 12.3 Å². The van der Waals surface area contributed by atoms with Crippen molar-refractivity contribution in [1.29, 1.82) is 0 Å². The van der Waals surface area contributed by atoms with Crippen LogP contribution in [0.4, 0.5) is 18.0 Å². The summed E-state index contributed by atoms with van der Waals surface area (Å²) in [6, 6.07) is 40.1. The number of rotatable bonds is 10. The van der Waals surface area contributed by atoms with Gasteiger partial charge in [0.25, 0.3) is 5.91 Å². The number of nitrogens with one attached hydrogen (secondary N) is 2. The van der Waals surface area contributed by atoms with Crippen molar-refractivity contribution in [2.75, 3.05) is 13.2 Å². The van der Waals surface area contributed by atoms with Crippen molar-refractivity contribution in [3.05, 3.63) is 144 Å². The van der Waals surface area contributed by atoms with Crippen molar-refractivity contribution in [2.24, 2.45) is 0 Å². The molecule has 6 rings (SSSR count). The largest absolute Gasteiger partial charge is 0.542 e. The Hall–Kier alpha value is -5.68. The summed E-state index contributed by atoms with van der Waals surface area (Å²) in [6.07, 6.45) is -4.61. The minimum Gasteiger partial charge on any atom is -0.542 e. The maximum atomic E-state index is 13.2. The lowest BCUT2D eigenvalue weighted by molar-refractivity contribution is -0.403. The molecule has 0 bridgehead atoms. The van der Waals surface area contributed by atoms with Crippen LogP contribution in [0.5, 0.6) is 0 Å². The van der Waals surface area contributed by atoms with Crippen LogP contribution < -0.4 is 21.5 Å². The van der Waals surface area contributed by atoms with Gasteiger partial charge in [-0.3, -0.25) is 4.79 Å². The van der Waals surface area contributed by atoms with Gasteiger partial charge in [0.15, 0.2) is 6.04 Å². The highest BCUT2D eigenvalue weighted by atomic mass is 19.4. The summed E-state index contributed by atoms with van der Waals surface area (Å²) >= 11 is 0. The van der Waals surface area contributed by atoms with E-state index in [1.165, 1.54) is 11.1 Å². The van der Waals surface area contributed by atoms with E-state index in [2.05, 4.69) is 71.0 Å². The quantitative estimate of drug-likeness (QED) is 0.199. The molecular weight excluding hydrogens is 647 g/mol. The van der Waals surface area contributed by atoms with Gasteiger partial charge in [0, 0.05) is 18.9 Å². The third-order valence-electron chi connectivity index (χ3n) is 8.41. The molecule has 5 aromatic rings. The number of ether oxygens (including phenoxy) is 1. The predicted molar refractivity (Wildman–Crippen MR) is 181 cm³/mol. The molecule has 0 saturated heterocycles. The number of aliphatic carboxylic acids is 1. The van der Waals surface area contributed by atoms with Crippen molar-refractivity contribution in [3.63, 3.8) is 0 Å². The lowest BCUT2D eigenvalue weighted by Gasteiger charge is -2.21. The topological polar surface area (TPSA) is 135 Å². The number of halogens is 3. The van der Waals surface area contributed by atoms with Crippen LogP contribution in [0.25, 0.3) is 21.9 Å². The third kappa shape index (κ3) is 9.26. The molecule has 258 valence electrons. The number of quaternary nitrogens is 1. The number of carboxylic acids is 1. The number of fused-ring (bicyclic) bond motifs is 4. The zero-order valence-electron chi connectivity index (χ0n) is 27.0. The highest BCUT2D eigenvalue weighted by molar-refractivity contribution is 5.83. The van der Waals surface area contributed by atoms with Gasteiger partial charge in [-0.15, -0.1) is 0 Å². The molecular formula is C39H36F3N3O5. The molecule has 5 aromatic carbocycles. The standard InChI is InChI=1S/C37H35N3O3.C2HF3O2/c38-35(22-25-10-2-1-3-11-25)36(41)40-29(21-26-18-19-27-12-4-5-13-28(27)20-26)23-39-37(42)43-24-34-32-16-8-6-14-30(32)31-15-7-9-17-33(31)34;3-2(4,5)1(6)7/h1-20,29,34-35H,21-24,38H2,(H,39,42)(H,40,41);(H,6,7)/t29-,35+;/m1./s1. The van der Waals surface area contributed by atoms with E-state index in [9.17, 15) is 22.8 Å². The first-order chi connectivity index (χ1) is 24.0. The monoisotopic (exact) mass is 683 g/mol. The van der Waals surface area contributed by atoms with E-state index >= 15 is 0 Å². The van der Waals surface area contributed by atoms with Crippen LogP contribution in [0, 0.1) is 0 Å². The Morgan fingerprint density at radius 3 is 1.92 bits per heavy atom. The van der Waals surface area contributed by atoms with Crippen molar-refractivity contribution in [2.45, 2.75) is 37.0 Å². The average molecular weight is 684 g/mol. The lowest BCUT2D eigenvalue weighted by atomic mass is 9.98. The summed E-state index contributed by atoms with van der Waals surface area (Å²) in [7, 11) is 0. The molecule has 2 atom stereocenters. The Bertz CT molecular complexity index is 1910. The number of hydrogen-bond donors (Lipinski definition) is 3. The molecule has 1 aliphatic rings. The van der Waals surface area contributed by atoms with Crippen molar-refractivity contribution in [3.8, 4) is 11.1 Å². The molecule has 1 aliphatic carbocycles. The Morgan fingerprint density at radius 1 is 0.740 bits per heavy atom.